The van der Waals surface area contributed by atoms with Crippen LogP contribution in [0, 0.1) is 6.92 Å². The van der Waals surface area contributed by atoms with Crippen LogP contribution >= 0.6 is 11.3 Å². The zero-order chi connectivity index (χ0) is 13.7. The van der Waals surface area contributed by atoms with Gasteiger partial charge in [-0.05, 0) is 35.1 Å². The van der Waals surface area contributed by atoms with Crippen LogP contribution in [-0.4, -0.2) is 13.0 Å². The first kappa shape index (κ1) is 13.8. The first-order valence-electron chi connectivity index (χ1n) is 6.10. The Morgan fingerprint density at radius 2 is 2.00 bits per heavy atom. The molecule has 1 aromatic heterocycles. The van der Waals surface area contributed by atoms with Crippen LogP contribution in [0.4, 0.5) is 0 Å². The quantitative estimate of drug-likeness (QED) is 0.910. The fourth-order valence-electron chi connectivity index (χ4n) is 1.89. The maximum atomic E-state index is 12.0. The Balaban J connectivity index is 2.03. The topological polar surface area (TPSA) is 38.3 Å². The first-order chi connectivity index (χ1) is 9.22. The van der Waals surface area contributed by atoms with Gasteiger partial charge in [-0.1, -0.05) is 24.3 Å². The van der Waals surface area contributed by atoms with Crippen molar-refractivity contribution >= 4 is 17.2 Å². The summed E-state index contributed by atoms with van der Waals surface area (Å²) < 4.78 is 5.16. The molecular weight excluding hydrogens is 258 g/mol. The number of rotatable bonds is 5. The lowest BCUT2D eigenvalue weighted by Gasteiger charge is -2.09. The van der Waals surface area contributed by atoms with Crippen LogP contribution in [0.25, 0.3) is 0 Å². The molecule has 3 nitrogen and oxygen atoms in total. The normalized spacial score (nSPS) is 10.4. The Kier molecular flexibility index (Phi) is 4.71. The van der Waals surface area contributed by atoms with Crippen LogP contribution in [0.15, 0.2) is 35.7 Å². The van der Waals surface area contributed by atoms with Crippen molar-refractivity contribution in [1.29, 1.82) is 0 Å². The number of ether oxygens (including phenoxy) is 1. The standard InChI is InChI=1S/C15H17NO2S/c1-11-7-8-19-14(11)15(17)16-9-12-5-3-4-6-13(12)10-18-2/h3-8H,9-10H2,1-2H3,(H,16,17). The summed E-state index contributed by atoms with van der Waals surface area (Å²) in [7, 11) is 1.67. The van der Waals surface area contributed by atoms with Crippen molar-refractivity contribution in [1.82, 2.24) is 5.32 Å². The zero-order valence-electron chi connectivity index (χ0n) is 11.1. The van der Waals surface area contributed by atoms with E-state index in [9.17, 15) is 4.79 Å². The third kappa shape index (κ3) is 3.43. The number of methoxy groups -OCH3 is 1. The average Bonchev–Trinajstić information content (AvgIpc) is 2.84. The highest BCUT2D eigenvalue weighted by Gasteiger charge is 2.10. The van der Waals surface area contributed by atoms with Gasteiger partial charge in [-0.2, -0.15) is 0 Å². The van der Waals surface area contributed by atoms with E-state index in [0.717, 1.165) is 21.6 Å². The minimum atomic E-state index is -0.0141. The Morgan fingerprint density at radius 3 is 2.63 bits per heavy atom. The number of thiophene rings is 1. The van der Waals surface area contributed by atoms with Gasteiger partial charge in [0, 0.05) is 13.7 Å². The van der Waals surface area contributed by atoms with E-state index in [1.165, 1.54) is 11.3 Å². The SMILES string of the molecule is COCc1ccccc1CNC(=O)c1sccc1C. The highest BCUT2D eigenvalue weighted by Crippen LogP contribution is 2.16. The summed E-state index contributed by atoms with van der Waals surface area (Å²) in [4.78, 5) is 12.8. The molecule has 0 bridgehead atoms. The highest BCUT2D eigenvalue weighted by atomic mass is 32.1. The van der Waals surface area contributed by atoms with Crippen LogP contribution in [0.5, 0.6) is 0 Å². The van der Waals surface area contributed by atoms with E-state index in [1.807, 2.05) is 42.6 Å². The van der Waals surface area contributed by atoms with Gasteiger partial charge in [0.25, 0.3) is 5.91 Å². The second-order valence-corrected chi connectivity index (χ2v) is 5.23. The van der Waals surface area contributed by atoms with Crippen LogP contribution in [0.2, 0.25) is 0 Å². The third-order valence-electron chi connectivity index (χ3n) is 2.93. The average molecular weight is 275 g/mol. The summed E-state index contributed by atoms with van der Waals surface area (Å²) in [5.41, 5.74) is 3.22. The molecule has 19 heavy (non-hydrogen) atoms. The van der Waals surface area contributed by atoms with Crippen LogP contribution in [0.3, 0.4) is 0 Å². The molecule has 0 aliphatic rings. The summed E-state index contributed by atoms with van der Waals surface area (Å²) in [5.74, 6) is -0.0141. The molecule has 0 fully saturated rings. The van der Waals surface area contributed by atoms with E-state index >= 15 is 0 Å². The number of aryl methyl sites for hydroxylation is 1. The van der Waals surface area contributed by atoms with Gasteiger partial charge in [0.05, 0.1) is 11.5 Å². The van der Waals surface area contributed by atoms with Crippen molar-refractivity contribution < 1.29 is 9.53 Å². The van der Waals surface area contributed by atoms with Crippen molar-refractivity contribution in [3.63, 3.8) is 0 Å². The summed E-state index contributed by atoms with van der Waals surface area (Å²) in [6, 6.07) is 9.93. The summed E-state index contributed by atoms with van der Waals surface area (Å²) in [6.07, 6.45) is 0. The van der Waals surface area contributed by atoms with Gasteiger partial charge in [-0.25, -0.2) is 0 Å². The Morgan fingerprint density at radius 1 is 1.26 bits per heavy atom. The molecule has 1 amide bonds. The summed E-state index contributed by atoms with van der Waals surface area (Å²) >= 11 is 1.47. The lowest BCUT2D eigenvalue weighted by Crippen LogP contribution is -2.23. The fraction of sp³-hybridized carbons (Fsp3) is 0.267. The predicted molar refractivity (Wildman–Crippen MR) is 77.4 cm³/mol. The van der Waals surface area contributed by atoms with E-state index in [0.29, 0.717) is 13.2 Å². The smallest absolute Gasteiger partial charge is 0.261 e. The molecule has 0 atom stereocenters. The van der Waals surface area contributed by atoms with Crippen molar-refractivity contribution in [2.75, 3.05) is 7.11 Å². The van der Waals surface area contributed by atoms with Crippen molar-refractivity contribution in [2.45, 2.75) is 20.1 Å². The number of hydrogen-bond acceptors (Lipinski definition) is 3. The summed E-state index contributed by atoms with van der Waals surface area (Å²) in [5, 5.41) is 4.89. The minimum absolute atomic E-state index is 0.0141. The molecule has 0 saturated heterocycles. The van der Waals surface area contributed by atoms with Gasteiger partial charge in [0.15, 0.2) is 0 Å². The zero-order valence-corrected chi connectivity index (χ0v) is 11.9. The molecule has 4 heteroatoms. The molecule has 100 valence electrons. The predicted octanol–water partition coefficient (Wildman–Crippen LogP) is 3.13. The Labute approximate surface area is 117 Å². The molecule has 0 aliphatic heterocycles. The minimum Gasteiger partial charge on any atom is -0.380 e. The molecule has 0 aliphatic carbocycles. The number of carbonyl (C=O) groups excluding carboxylic acids is 1. The number of benzene rings is 1. The van der Waals surface area contributed by atoms with E-state index in [-0.39, 0.29) is 5.91 Å². The monoisotopic (exact) mass is 275 g/mol. The lowest BCUT2D eigenvalue weighted by atomic mass is 10.1. The van der Waals surface area contributed by atoms with E-state index in [2.05, 4.69) is 5.32 Å². The Hall–Kier alpha value is -1.65. The van der Waals surface area contributed by atoms with Gasteiger partial charge >= 0.3 is 0 Å². The van der Waals surface area contributed by atoms with Gasteiger partial charge in [-0.3, -0.25) is 4.79 Å². The molecule has 0 spiro atoms. The van der Waals surface area contributed by atoms with Crippen molar-refractivity contribution in [2.24, 2.45) is 0 Å². The molecule has 2 aromatic rings. The van der Waals surface area contributed by atoms with Gasteiger partial charge in [-0.15, -0.1) is 11.3 Å². The second-order valence-electron chi connectivity index (χ2n) is 4.32. The van der Waals surface area contributed by atoms with Gasteiger partial charge in [0.2, 0.25) is 0 Å². The molecule has 1 N–H and O–H groups in total. The molecule has 1 aromatic carbocycles. The maximum Gasteiger partial charge on any atom is 0.261 e. The molecule has 0 unspecified atom stereocenters. The van der Waals surface area contributed by atoms with Crippen LogP contribution < -0.4 is 5.32 Å². The first-order valence-corrected chi connectivity index (χ1v) is 6.98. The second kappa shape index (κ2) is 6.50. The molecule has 0 saturated carbocycles. The third-order valence-corrected chi connectivity index (χ3v) is 3.94. The van der Waals surface area contributed by atoms with E-state index in [1.54, 1.807) is 7.11 Å². The van der Waals surface area contributed by atoms with Gasteiger partial charge < -0.3 is 10.1 Å². The number of hydrogen-bond donors (Lipinski definition) is 1. The maximum absolute atomic E-state index is 12.0. The van der Waals surface area contributed by atoms with E-state index < -0.39 is 0 Å². The number of nitrogens with one attached hydrogen (secondary N) is 1. The Bertz CT molecular complexity index is 563. The van der Waals surface area contributed by atoms with Gasteiger partial charge in [0.1, 0.15) is 0 Å². The molecular formula is C15H17NO2S. The molecule has 0 radical (unpaired) electrons. The number of carbonyl (C=O) groups is 1. The van der Waals surface area contributed by atoms with E-state index in [4.69, 9.17) is 4.74 Å². The molecule has 2 rings (SSSR count). The number of amides is 1. The van der Waals surface area contributed by atoms with Crippen LogP contribution in [-0.2, 0) is 17.9 Å². The summed E-state index contributed by atoms with van der Waals surface area (Å²) in [6.45, 7) is 3.03. The highest BCUT2D eigenvalue weighted by molar-refractivity contribution is 7.12. The largest absolute Gasteiger partial charge is 0.380 e. The van der Waals surface area contributed by atoms with Crippen LogP contribution in [0.1, 0.15) is 26.4 Å². The molecule has 1 heterocycles. The lowest BCUT2D eigenvalue weighted by molar-refractivity contribution is 0.0954. The van der Waals surface area contributed by atoms with Crippen molar-refractivity contribution in [3.8, 4) is 0 Å². The van der Waals surface area contributed by atoms with Crippen molar-refractivity contribution in [3.05, 3.63) is 57.3 Å². The fourth-order valence-corrected chi connectivity index (χ4v) is 2.73.